The second kappa shape index (κ2) is 9.60. The van der Waals surface area contributed by atoms with Crippen LogP contribution < -0.4 is 14.8 Å². The number of aromatic nitrogens is 3. The van der Waals surface area contributed by atoms with Gasteiger partial charge in [0.05, 0.1) is 30.7 Å². The zero-order valence-corrected chi connectivity index (χ0v) is 19.0. The molecule has 0 bridgehead atoms. The fourth-order valence-electron chi connectivity index (χ4n) is 3.50. The molecule has 1 amide bonds. The van der Waals surface area contributed by atoms with Gasteiger partial charge in [-0.05, 0) is 56.7 Å². The lowest BCUT2D eigenvalue weighted by Crippen LogP contribution is -2.26. The van der Waals surface area contributed by atoms with Crippen LogP contribution in [0.4, 0.5) is 0 Å². The molecule has 4 aromatic rings. The highest BCUT2D eigenvalue weighted by atomic mass is 16.5. The van der Waals surface area contributed by atoms with Crippen LogP contribution in [-0.4, -0.2) is 27.7 Å². The number of nitrogens with one attached hydrogen (secondary N) is 1. The van der Waals surface area contributed by atoms with E-state index in [1.807, 2.05) is 55.8 Å². The van der Waals surface area contributed by atoms with E-state index >= 15 is 0 Å². The minimum absolute atomic E-state index is 0.171. The van der Waals surface area contributed by atoms with Gasteiger partial charge >= 0.3 is 0 Å². The lowest BCUT2D eigenvalue weighted by atomic mass is 10.1. The highest BCUT2D eigenvalue weighted by molar-refractivity contribution is 5.95. The Kier molecular flexibility index (Phi) is 6.44. The predicted molar refractivity (Wildman–Crippen MR) is 123 cm³/mol. The second-order valence-electron chi connectivity index (χ2n) is 7.71. The third kappa shape index (κ3) is 4.90. The summed E-state index contributed by atoms with van der Waals surface area (Å²) in [5.41, 5.74) is 4.17. The number of carbonyl (C=O) groups excluding carboxylic acids is 1. The average Bonchev–Trinajstić information content (AvgIpc) is 3.48. The molecule has 0 saturated carbocycles. The lowest BCUT2D eigenvalue weighted by molar-refractivity contribution is 0.0939. The summed E-state index contributed by atoms with van der Waals surface area (Å²) in [7, 11) is 1.55. The molecule has 170 valence electrons. The summed E-state index contributed by atoms with van der Waals surface area (Å²) < 4.78 is 18.4. The number of amides is 1. The molecule has 0 aliphatic heterocycles. The summed E-state index contributed by atoms with van der Waals surface area (Å²) in [5.74, 6) is 1.54. The van der Waals surface area contributed by atoms with Gasteiger partial charge in [0, 0.05) is 23.6 Å². The van der Waals surface area contributed by atoms with Crippen molar-refractivity contribution in [1.82, 2.24) is 20.0 Å². The van der Waals surface area contributed by atoms with Crippen molar-refractivity contribution < 1.29 is 18.8 Å². The number of rotatable bonds is 8. The highest BCUT2D eigenvalue weighted by Crippen LogP contribution is 2.30. The van der Waals surface area contributed by atoms with Gasteiger partial charge in [-0.15, -0.1) is 0 Å². The van der Waals surface area contributed by atoms with Gasteiger partial charge in [0.2, 0.25) is 0 Å². The molecular weight excluding hydrogens is 420 g/mol. The molecule has 0 saturated heterocycles. The summed E-state index contributed by atoms with van der Waals surface area (Å²) in [6.45, 7) is 5.96. The average molecular weight is 447 g/mol. The number of methoxy groups -OCH3 is 1. The third-order valence-electron chi connectivity index (χ3n) is 5.52. The van der Waals surface area contributed by atoms with Crippen LogP contribution in [0.3, 0.4) is 0 Å². The first-order chi connectivity index (χ1) is 16.0. The summed E-state index contributed by atoms with van der Waals surface area (Å²) >= 11 is 0. The smallest absolute Gasteiger partial charge is 0.251 e. The van der Waals surface area contributed by atoms with Crippen molar-refractivity contribution in [2.45, 2.75) is 33.4 Å². The van der Waals surface area contributed by atoms with Crippen molar-refractivity contribution in [1.29, 1.82) is 0 Å². The van der Waals surface area contributed by atoms with E-state index in [0.29, 0.717) is 23.7 Å². The molecule has 33 heavy (non-hydrogen) atoms. The van der Waals surface area contributed by atoms with Gasteiger partial charge < -0.3 is 23.9 Å². The Hall–Kier alpha value is -4.07. The Morgan fingerprint density at radius 3 is 2.58 bits per heavy atom. The van der Waals surface area contributed by atoms with Crippen LogP contribution in [0.1, 0.15) is 45.9 Å². The van der Waals surface area contributed by atoms with Gasteiger partial charge in [-0.3, -0.25) is 4.79 Å². The van der Waals surface area contributed by atoms with E-state index in [1.165, 1.54) is 0 Å². The molecule has 0 radical (unpaired) electrons. The van der Waals surface area contributed by atoms with Gasteiger partial charge in [0.25, 0.3) is 5.91 Å². The van der Waals surface area contributed by atoms with Crippen LogP contribution in [0.2, 0.25) is 0 Å². The number of benzene rings is 2. The predicted octanol–water partition coefficient (Wildman–Crippen LogP) is 4.56. The molecule has 1 N–H and O–H groups in total. The molecule has 0 fully saturated rings. The molecule has 0 aliphatic carbocycles. The molecule has 0 spiro atoms. The zero-order chi connectivity index (χ0) is 23.4. The second-order valence-corrected chi connectivity index (χ2v) is 7.71. The Morgan fingerprint density at radius 1 is 1.15 bits per heavy atom. The largest absolute Gasteiger partial charge is 0.493 e. The monoisotopic (exact) mass is 446 g/mol. The van der Waals surface area contributed by atoms with Crippen molar-refractivity contribution in [3.05, 3.63) is 89.3 Å². The molecule has 2 heterocycles. The van der Waals surface area contributed by atoms with Crippen molar-refractivity contribution in [3.63, 3.8) is 0 Å². The molecule has 8 nitrogen and oxygen atoms in total. The Bertz CT molecular complexity index is 1210. The van der Waals surface area contributed by atoms with Gasteiger partial charge in [-0.1, -0.05) is 17.3 Å². The minimum Gasteiger partial charge on any atom is -0.493 e. The standard InChI is InChI=1S/C25H26N4O4/c1-16(19-5-8-21(9-6-19)29-12-11-26-15-29)27-25(30)20-7-10-23(24(13-20)31-4)32-14-22-17(2)28-33-18(22)3/h5-13,15-16H,14H2,1-4H3,(H,27,30)/t16-/m1/s1. The van der Waals surface area contributed by atoms with Crippen LogP contribution in [0.15, 0.2) is 65.7 Å². The number of ether oxygens (including phenoxy) is 2. The topological polar surface area (TPSA) is 91.4 Å². The SMILES string of the molecule is COc1cc(C(=O)N[C@H](C)c2ccc(-n3ccnc3)cc2)ccc1OCc1c(C)noc1C. The van der Waals surface area contributed by atoms with Gasteiger partial charge in [0.15, 0.2) is 11.5 Å². The first-order valence-electron chi connectivity index (χ1n) is 10.6. The molecule has 2 aromatic carbocycles. The normalized spacial score (nSPS) is 11.8. The van der Waals surface area contributed by atoms with Crippen LogP contribution in [0.5, 0.6) is 11.5 Å². The van der Waals surface area contributed by atoms with Crippen LogP contribution in [-0.2, 0) is 6.61 Å². The Morgan fingerprint density at radius 2 is 1.94 bits per heavy atom. The van der Waals surface area contributed by atoms with Crippen LogP contribution in [0, 0.1) is 13.8 Å². The first kappa shape index (κ1) is 22.1. The fraction of sp³-hybridized carbons (Fsp3) is 0.240. The molecule has 0 unspecified atom stereocenters. The third-order valence-corrected chi connectivity index (χ3v) is 5.52. The maximum Gasteiger partial charge on any atom is 0.251 e. The van der Waals surface area contributed by atoms with E-state index in [0.717, 1.165) is 28.3 Å². The number of hydrogen-bond acceptors (Lipinski definition) is 6. The number of nitrogens with zero attached hydrogens (tertiary/aromatic N) is 3. The van der Waals surface area contributed by atoms with Crippen molar-refractivity contribution >= 4 is 5.91 Å². The van der Waals surface area contributed by atoms with Crippen molar-refractivity contribution in [2.24, 2.45) is 0 Å². The van der Waals surface area contributed by atoms with E-state index in [1.54, 1.807) is 37.8 Å². The minimum atomic E-state index is -0.197. The molecule has 1 atom stereocenters. The van der Waals surface area contributed by atoms with Crippen molar-refractivity contribution in [3.8, 4) is 17.2 Å². The molecule has 8 heteroatoms. The Labute approximate surface area is 192 Å². The van der Waals surface area contributed by atoms with E-state index < -0.39 is 0 Å². The lowest BCUT2D eigenvalue weighted by Gasteiger charge is -2.16. The van der Waals surface area contributed by atoms with Crippen LogP contribution >= 0.6 is 0 Å². The molecule has 0 aliphatic rings. The maximum atomic E-state index is 12.9. The highest BCUT2D eigenvalue weighted by Gasteiger charge is 2.16. The summed E-state index contributed by atoms with van der Waals surface area (Å²) in [4.78, 5) is 16.9. The number of carbonyl (C=O) groups is 1. The number of imidazole rings is 1. The van der Waals surface area contributed by atoms with E-state index in [4.69, 9.17) is 14.0 Å². The number of hydrogen-bond donors (Lipinski definition) is 1. The number of aryl methyl sites for hydroxylation is 2. The van der Waals surface area contributed by atoms with Gasteiger partial charge in [-0.2, -0.15) is 0 Å². The summed E-state index contributed by atoms with van der Waals surface area (Å²) in [5, 5.41) is 6.97. The zero-order valence-electron chi connectivity index (χ0n) is 19.0. The fourth-order valence-corrected chi connectivity index (χ4v) is 3.50. The van der Waals surface area contributed by atoms with Gasteiger partial charge in [-0.25, -0.2) is 4.98 Å². The van der Waals surface area contributed by atoms with Crippen molar-refractivity contribution in [2.75, 3.05) is 7.11 Å². The molecule has 4 rings (SSSR count). The van der Waals surface area contributed by atoms with E-state index in [2.05, 4.69) is 15.5 Å². The summed E-state index contributed by atoms with van der Waals surface area (Å²) in [6, 6.07) is 12.9. The quantitative estimate of drug-likeness (QED) is 0.427. The molecule has 2 aromatic heterocycles. The molecular formula is C25H26N4O4. The van der Waals surface area contributed by atoms with Gasteiger partial charge in [0.1, 0.15) is 12.4 Å². The van der Waals surface area contributed by atoms with E-state index in [-0.39, 0.29) is 11.9 Å². The van der Waals surface area contributed by atoms with E-state index in [9.17, 15) is 4.79 Å². The summed E-state index contributed by atoms with van der Waals surface area (Å²) in [6.07, 6.45) is 5.36. The van der Waals surface area contributed by atoms with Crippen LogP contribution in [0.25, 0.3) is 5.69 Å². The Balaban J connectivity index is 1.42. The first-order valence-corrected chi connectivity index (χ1v) is 10.6. The maximum absolute atomic E-state index is 12.9.